The molecule has 1 fully saturated rings. The van der Waals surface area contributed by atoms with Gasteiger partial charge in [-0.15, -0.1) is 0 Å². The fourth-order valence-electron chi connectivity index (χ4n) is 2.46. The second-order valence-electron chi connectivity index (χ2n) is 4.15. The minimum Gasteiger partial charge on any atom is -0.324 e. The maximum Gasteiger partial charge on any atom is 0.0259 e. The number of rotatable bonds is 4. The van der Waals surface area contributed by atoms with Crippen LogP contribution in [0.25, 0.3) is 0 Å². The van der Waals surface area contributed by atoms with Gasteiger partial charge in [-0.1, -0.05) is 32.6 Å². The summed E-state index contributed by atoms with van der Waals surface area (Å²) >= 11 is 0. The molecule has 74 valence electrons. The van der Waals surface area contributed by atoms with Gasteiger partial charge in [0.05, 0.1) is 0 Å². The maximum absolute atomic E-state index is 6.27. The van der Waals surface area contributed by atoms with Gasteiger partial charge in [0, 0.05) is 11.0 Å². The number of hydrogen-bond acceptors (Lipinski definition) is 1. The molecule has 1 rings (SSSR count). The van der Waals surface area contributed by atoms with Crippen LogP contribution in [0.15, 0.2) is 24.3 Å². The van der Waals surface area contributed by atoms with Gasteiger partial charge >= 0.3 is 0 Å². The van der Waals surface area contributed by atoms with E-state index in [2.05, 4.69) is 26.5 Å². The zero-order valence-electron chi connectivity index (χ0n) is 9.06. The van der Waals surface area contributed by atoms with Crippen molar-refractivity contribution in [2.24, 2.45) is 11.1 Å². The minimum atomic E-state index is 0.0261. The first-order valence-electron chi connectivity index (χ1n) is 5.17. The predicted molar refractivity (Wildman–Crippen MR) is 58.5 cm³/mol. The molecule has 0 bridgehead atoms. The fraction of sp³-hybridized carbons (Fsp3) is 0.667. The average Bonchev–Trinajstić information content (AvgIpc) is 2.75. The van der Waals surface area contributed by atoms with Gasteiger partial charge in [0.25, 0.3) is 0 Å². The van der Waals surface area contributed by atoms with Crippen LogP contribution in [-0.4, -0.2) is 5.54 Å². The van der Waals surface area contributed by atoms with E-state index in [0.29, 0.717) is 0 Å². The van der Waals surface area contributed by atoms with Crippen molar-refractivity contribution in [3.8, 4) is 0 Å². The first-order valence-corrected chi connectivity index (χ1v) is 5.17. The summed E-state index contributed by atoms with van der Waals surface area (Å²) in [5, 5.41) is 0. The Balaban J connectivity index is 2.82. The molecule has 0 aliphatic heterocycles. The molecule has 0 spiro atoms. The predicted octanol–water partition coefficient (Wildman–Crippen LogP) is 3.03. The van der Waals surface area contributed by atoms with Crippen LogP contribution in [0.4, 0.5) is 0 Å². The Kier molecular flexibility index (Phi) is 2.67. The zero-order valence-corrected chi connectivity index (χ0v) is 9.06. The van der Waals surface area contributed by atoms with Crippen LogP contribution in [0.3, 0.4) is 0 Å². The summed E-state index contributed by atoms with van der Waals surface area (Å²) in [6.45, 7) is 10.5. The van der Waals surface area contributed by atoms with Crippen molar-refractivity contribution < 1.29 is 0 Å². The molecule has 0 radical (unpaired) electrons. The Bertz CT molecular complexity index is 242. The summed E-state index contributed by atoms with van der Waals surface area (Å²) in [4.78, 5) is 0. The van der Waals surface area contributed by atoms with Crippen LogP contribution >= 0.6 is 0 Å². The van der Waals surface area contributed by atoms with E-state index >= 15 is 0 Å². The maximum atomic E-state index is 6.27. The molecule has 2 unspecified atom stereocenters. The molecule has 0 aromatic carbocycles. The second-order valence-corrected chi connectivity index (χ2v) is 4.15. The molecule has 0 aromatic rings. The SMILES string of the molecule is C=C(/C=C\C)C1(CC)CC1(N)CC. The van der Waals surface area contributed by atoms with Crippen LogP contribution in [0.1, 0.15) is 40.0 Å². The molecule has 0 saturated heterocycles. The molecule has 0 amide bonds. The molecule has 2 N–H and O–H groups in total. The van der Waals surface area contributed by atoms with Gasteiger partial charge in [-0.2, -0.15) is 0 Å². The molecule has 13 heavy (non-hydrogen) atoms. The Hall–Kier alpha value is -0.560. The first kappa shape index (κ1) is 10.5. The Morgan fingerprint density at radius 2 is 2.08 bits per heavy atom. The fourth-order valence-corrected chi connectivity index (χ4v) is 2.46. The van der Waals surface area contributed by atoms with E-state index in [-0.39, 0.29) is 11.0 Å². The summed E-state index contributed by atoms with van der Waals surface area (Å²) in [5.74, 6) is 0. The van der Waals surface area contributed by atoms with E-state index in [9.17, 15) is 0 Å². The van der Waals surface area contributed by atoms with Crippen molar-refractivity contribution in [1.82, 2.24) is 0 Å². The molecule has 0 heterocycles. The van der Waals surface area contributed by atoms with E-state index in [1.807, 2.05) is 13.0 Å². The van der Waals surface area contributed by atoms with Gasteiger partial charge in [-0.3, -0.25) is 0 Å². The number of hydrogen-bond donors (Lipinski definition) is 1. The van der Waals surface area contributed by atoms with E-state index in [0.717, 1.165) is 19.3 Å². The zero-order chi connectivity index (χ0) is 10.1. The summed E-state index contributed by atoms with van der Waals surface area (Å²) in [5.41, 5.74) is 7.71. The van der Waals surface area contributed by atoms with Crippen molar-refractivity contribution in [3.05, 3.63) is 24.3 Å². The van der Waals surface area contributed by atoms with Crippen LogP contribution in [-0.2, 0) is 0 Å². The molecule has 0 aromatic heterocycles. The molecule has 1 aliphatic rings. The van der Waals surface area contributed by atoms with Crippen molar-refractivity contribution in [2.45, 2.75) is 45.6 Å². The molecule has 1 aliphatic carbocycles. The summed E-state index contributed by atoms with van der Waals surface area (Å²) < 4.78 is 0. The second kappa shape index (κ2) is 3.30. The monoisotopic (exact) mass is 179 g/mol. The highest BCUT2D eigenvalue weighted by atomic mass is 14.9. The van der Waals surface area contributed by atoms with Gasteiger partial charge in [0.2, 0.25) is 0 Å². The lowest BCUT2D eigenvalue weighted by Gasteiger charge is -2.21. The topological polar surface area (TPSA) is 26.0 Å². The highest BCUT2D eigenvalue weighted by molar-refractivity contribution is 5.38. The van der Waals surface area contributed by atoms with Gasteiger partial charge in [0.15, 0.2) is 0 Å². The third-order valence-corrected chi connectivity index (χ3v) is 3.66. The Labute approximate surface area is 81.7 Å². The largest absolute Gasteiger partial charge is 0.324 e. The van der Waals surface area contributed by atoms with E-state index in [4.69, 9.17) is 5.73 Å². The molecular weight excluding hydrogens is 158 g/mol. The van der Waals surface area contributed by atoms with Crippen LogP contribution in [0.2, 0.25) is 0 Å². The first-order chi connectivity index (χ1) is 6.06. The molecule has 1 saturated carbocycles. The standard InChI is InChI=1S/C12H21N/c1-5-8-10(4)11(6-2)9-12(11,13)7-3/h5,8H,4,6-7,9,13H2,1-3H3/b8-5-. The van der Waals surface area contributed by atoms with Gasteiger partial charge in [-0.05, 0) is 31.8 Å². The number of allylic oxidation sites excluding steroid dienone is 2. The van der Waals surface area contributed by atoms with Gasteiger partial charge in [-0.25, -0.2) is 0 Å². The van der Waals surface area contributed by atoms with Crippen molar-refractivity contribution in [2.75, 3.05) is 0 Å². The van der Waals surface area contributed by atoms with Gasteiger partial charge in [0.1, 0.15) is 0 Å². The smallest absolute Gasteiger partial charge is 0.0259 e. The molecule has 2 atom stereocenters. The van der Waals surface area contributed by atoms with E-state index < -0.39 is 0 Å². The van der Waals surface area contributed by atoms with Crippen molar-refractivity contribution in [3.63, 3.8) is 0 Å². The average molecular weight is 179 g/mol. The third-order valence-electron chi connectivity index (χ3n) is 3.66. The normalized spacial score (nSPS) is 38.2. The lowest BCUT2D eigenvalue weighted by atomic mass is 9.87. The van der Waals surface area contributed by atoms with Crippen molar-refractivity contribution >= 4 is 0 Å². The lowest BCUT2D eigenvalue weighted by molar-refractivity contribution is 0.461. The highest BCUT2D eigenvalue weighted by Gasteiger charge is 2.63. The Morgan fingerprint density at radius 1 is 1.46 bits per heavy atom. The summed E-state index contributed by atoms with van der Waals surface area (Å²) in [6.07, 6.45) is 7.43. The molecule has 1 heteroatoms. The third kappa shape index (κ3) is 1.35. The van der Waals surface area contributed by atoms with E-state index in [1.165, 1.54) is 5.57 Å². The van der Waals surface area contributed by atoms with Crippen LogP contribution < -0.4 is 5.73 Å². The summed E-state index contributed by atoms with van der Waals surface area (Å²) in [7, 11) is 0. The van der Waals surface area contributed by atoms with Crippen molar-refractivity contribution in [1.29, 1.82) is 0 Å². The number of nitrogens with two attached hydrogens (primary N) is 1. The quantitative estimate of drug-likeness (QED) is 0.660. The molecular formula is C12H21N. The Morgan fingerprint density at radius 3 is 2.38 bits per heavy atom. The van der Waals surface area contributed by atoms with E-state index in [1.54, 1.807) is 0 Å². The van der Waals surface area contributed by atoms with Crippen LogP contribution in [0, 0.1) is 5.41 Å². The summed E-state index contributed by atoms with van der Waals surface area (Å²) in [6, 6.07) is 0. The molecule has 1 nitrogen and oxygen atoms in total. The highest BCUT2D eigenvalue weighted by Crippen LogP contribution is 2.63. The van der Waals surface area contributed by atoms with Crippen LogP contribution in [0.5, 0.6) is 0 Å². The lowest BCUT2D eigenvalue weighted by Crippen LogP contribution is -2.30. The van der Waals surface area contributed by atoms with Gasteiger partial charge < -0.3 is 5.73 Å². The minimum absolute atomic E-state index is 0.0261.